The van der Waals surface area contributed by atoms with Gasteiger partial charge in [0, 0.05) is 23.7 Å². The number of hydrogen-bond acceptors (Lipinski definition) is 4. The average molecular weight is 448 g/mol. The number of aromatic nitrogens is 1. The number of benzene rings is 3. The van der Waals surface area contributed by atoms with Gasteiger partial charge in [-0.2, -0.15) is 0 Å². The van der Waals surface area contributed by atoms with Gasteiger partial charge >= 0.3 is 0 Å². The van der Waals surface area contributed by atoms with E-state index in [1.807, 2.05) is 60.7 Å². The number of amides is 2. The maximum Gasteiger partial charge on any atom is 0.268 e. The van der Waals surface area contributed by atoms with E-state index in [0.29, 0.717) is 27.0 Å². The number of rotatable bonds is 5. The van der Waals surface area contributed by atoms with E-state index in [9.17, 15) is 9.59 Å². The maximum atomic E-state index is 13.2. The summed E-state index contributed by atoms with van der Waals surface area (Å²) < 4.78 is 0. The minimum atomic E-state index is -0.276. The predicted molar refractivity (Wildman–Crippen MR) is 127 cm³/mol. The molecule has 0 saturated carbocycles. The summed E-state index contributed by atoms with van der Waals surface area (Å²) >= 11 is 7.58. The highest BCUT2D eigenvalue weighted by Gasteiger charge is 2.20. The summed E-state index contributed by atoms with van der Waals surface area (Å²) in [6, 6.07) is 24.3. The summed E-state index contributed by atoms with van der Waals surface area (Å²) in [6.07, 6.45) is 0. The molecule has 0 aliphatic rings. The van der Waals surface area contributed by atoms with Crippen molar-refractivity contribution in [2.24, 2.45) is 0 Å². The van der Waals surface area contributed by atoms with Crippen LogP contribution in [0.5, 0.6) is 0 Å². The number of carbonyl (C=O) groups excluding carboxylic acids is 2. The fourth-order valence-electron chi connectivity index (χ4n) is 3.04. The van der Waals surface area contributed by atoms with Crippen LogP contribution < -0.4 is 10.6 Å². The molecule has 0 aliphatic carbocycles. The molecule has 0 radical (unpaired) electrons. The first kappa shape index (κ1) is 20.8. The number of halogens is 1. The lowest BCUT2D eigenvalue weighted by Crippen LogP contribution is -2.12. The largest absolute Gasteiger partial charge is 0.325 e. The van der Waals surface area contributed by atoms with Gasteiger partial charge in [-0.25, -0.2) is 4.98 Å². The summed E-state index contributed by atoms with van der Waals surface area (Å²) in [7, 11) is 0. The van der Waals surface area contributed by atoms with Gasteiger partial charge in [0.2, 0.25) is 5.91 Å². The molecular formula is C24H18ClN3O2S. The molecular weight excluding hydrogens is 430 g/mol. The van der Waals surface area contributed by atoms with E-state index in [2.05, 4.69) is 10.6 Å². The van der Waals surface area contributed by atoms with Gasteiger partial charge in [-0.05, 0) is 18.2 Å². The molecule has 1 aromatic heterocycles. The van der Waals surface area contributed by atoms with Crippen LogP contribution in [-0.4, -0.2) is 16.8 Å². The number of hydrogen-bond donors (Lipinski definition) is 2. The Labute approximate surface area is 188 Å². The third-order valence-corrected chi connectivity index (χ3v) is 5.85. The topological polar surface area (TPSA) is 71.1 Å². The van der Waals surface area contributed by atoms with Crippen molar-refractivity contribution in [3.05, 3.63) is 88.8 Å². The molecule has 4 rings (SSSR count). The van der Waals surface area contributed by atoms with Crippen molar-refractivity contribution < 1.29 is 9.59 Å². The third kappa shape index (κ3) is 4.82. The van der Waals surface area contributed by atoms with Crippen molar-refractivity contribution in [2.75, 3.05) is 10.6 Å². The predicted octanol–water partition coefficient (Wildman–Crippen LogP) is 6.34. The Hall–Kier alpha value is -3.48. The minimum Gasteiger partial charge on any atom is -0.325 e. The number of thiazole rings is 1. The van der Waals surface area contributed by atoms with E-state index in [1.165, 1.54) is 18.3 Å². The standard InChI is InChI=1S/C24H18ClN3O2S/c1-15(29)26-20-13-12-18(14-19(20)25)27-23(30)22-21(16-8-4-2-5-9-16)28-24(31-22)17-10-6-3-7-11-17/h2-14H,1H3,(H,26,29)(H,27,30). The average Bonchev–Trinajstić information content (AvgIpc) is 3.22. The van der Waals surface area contributed by atoms with Gasteiger partial charge in [-0.1, -0.05) is 72.3 Å². The molecule has 4 aromatic rings. The Balaban J connectivity index is 1.68. The van der Waals surface area contributed by atoms with Crippen LogP contribution in [0, 0.1) is 0 Å². The molecule has 0 unspecified atom stereocenters. The van der Waals surface area contributed by atoms with Crippen molar-refractivity contribution in [3.8, 4) is 21.8 Å². The maximum absolute atomic E-state index is 13.2. The molecule has 2 N–H and O–H groups in total. The summed E-state index contributed by atoms with van der Waals surface area (Å²) in [5.74, 6) is -0.494. The van der Waals surface area contributed by atoms with Crippen molar-refractivity contribution in [2.45, 2.75) is 6.92 Å². The lowest BCUT2D eigenvalue weighted by atomic mass is 10.1. The molecule has 5 nitrogen and oxygen atoms in total. The quantitative estimate of drug-likeness (QED) is 0.375. The summed E-state index contributed by atoms with van der Waals surface area (Å²) in [6.45, 7) is 1.41. The van der Waals surface area contributed by atoms with Crippen molar-refractivity contribution in [1.29, 1.82) is 0 Å². The van der Waals surface area contributed by atoms with Crippen LogP contribution in [0.3, 0.4) is 0 Å². The monoisotopic (exact) mass is 447 g/mol. The second-order valence-corrected chi connectivity index (χ2v) is 8.17. The zero-order chi connectivity index (χ0) is 21.8. The first-order chi connectivity index (χ1) is 15.0. The fourth-order valence-corrected chi connectivity index (χ4v) is 4.26. The van der Waals surface area contributed by atoms with E-state index in [1.54, 1.807) is 18.2 Å². The molecule has 0 spiro atoms. The van der Waals surface area contributed by atoms with Crippen molar-refractivity contribution in [1.82, 2.24) is 4.98 Å². The Morgan fingerprint density at radius 2 is 1.52 bits per heavy atom. The Morgan fingerprint density at radius 1 is 0.871 bits per heavy atom. The molecule has 154 valence electrons. The first-order valence-electron chi connectivity index (χ1n) is 9.51. The van der Waals surface area contributed by atoms with Crippen LogP contribution in [-0.2, 0) is 4.79 Å². The van der Waals surface area contributed by atoms with Gasteiger partial charge in [0.15, 0.2) is 0 Å². The lowest BCUT2D eigenvalue weighted by molar-refractivity contribution is -0.114. The van der Waals surface area contributed by atoms with Crippen molar-refractivity contribution in [3.63, 3.8) is 0 Å². The Kier molecular flexibility index (Phi) is 6.11. The molecule has 0 fully saturated rings. The molecule has 3 aromatic carbocycles. The highest BCUT2D eigenvalue weighted by Crippen LogP contribution is 2.34. The molecule has 0 bridgehead atoms. The van der Waals surface area contributed by atoms with Crippen LogP contribution in [0.25, 0.3) is 21.8 Å². The Morgan fingerprint density at radius 3 is 2.13 bits per heavy atom. The summed E-state index contributed by atoms with van der Waals surface area (Å²) in [5, 5.41) is 6.64. The number of nitrogens with one attached hydrogen (secondary N) is 2. The van der Waals surface area contributed by atoms with E-state index in [0.717, 1.165) is 16.1 Å². The van der Waals surface area contributed by atoms with Crippen LogP contribution in [0.15, 0.2) is 78.9 Å². The molecule has 2 amide bonds. The molecule has 7 heteroatoms. The van der Waals surface area contributed by atoms with E-state index >= 15 is 0 Å². The van der Waals surface area contributed by atoms with Crippen LogP contribution >= 0.6 is 22.9 Å². The second-order valence-electron chi connectivity index (χ2n) is 6.76. The van der Waals surface area contributed by atoms with Gasteiger partial charge in [0.05, 0.1) is 16.4 Å². The lowest BCUT2D eigenvalue weighted by Gasteiger charge is -2.09. The van der Waals surface area contributed by atoms with E-state index < -0.39 is 0 Å². The zero-order valence-corrected chi connectivity index (χ0v) is 18.1. The van der Waals surface area contributed by atoms with Gasteiger partial charge in [-0.3, -0.25) is 9.59 Å². The molecule has 0 saturated heterocycles. The van der Waals surface area contributed by atoms with Crippen LogP contribution in [0.1, 0.15) is 16.6 Å². The first-order valence-corrected chi connectivity index (χ1v) is 10.7. The highest BCUT2D eigenvalue weighted by atomic mass is 35.5. The molecule has 0 atom stereocenters. The van der Waals surface area contributed by atoms with Gasteiger partial charge in [0.25, 0.3) is 5.91 Å². The van der Waals surface area contributed by atoms with E-state index in [-0.39, 0.29) is 11.8 Å². The van der Waals surface area contributed by atoms with Gasteiger partial charge in [-0.15, -0.1) is 11.3 Å². The number of anilines is 2. The molecule has 31 heavy (non-hydrogen) atoms. The summed E-state index contributed by atoms with van der Waals surface area (Å²) in [4.78, 5) is 29.7. The number of carbonyl (C=O) groups is 2. The fraction of sp³-hybridized carbons (Fsp3) is 0.0417. The molecule has 1 heterocycles. The smallest absolute Gasteiger partial charge is 0.268 e. The van der Waals surface area contributed by atoms with Gasteiger partial charge in [0.1, 0.15) is 9.88 Å². The third-order valence-electron chi connectivity index (χ3n) is 4.44. The Bertz CT molecular complexity index is 1240. The SMILES string of the molecule is CC(=O)Nc1ccc(NC(=O)c2sc(-c3ccccc3)nc2-c2ccccc2)cc1Cl. The van der Waals surface area contributed by atoms with Gasteiger partial charge < -0.3 is 10.6 Å². The summed E-state index contributed by atoms with van der Waals surface area (Å²) in [5.41, 5.74) is 3.46. The van der Waals surface area contributed by atoms with Crippen molar-refractivity contribution >= 4 is 46.1 Å². The second kappa shape index (κ2) is 9.12. The normalized spacial score (nSPS) is 10.5. The highest BCUT2D eigenvalue weighted by molar-refractivity contribution is 7.17. The van der Waals surface area contributed by atoms with Crippen LogP contribution in [0.4, 0.5) is 11.4 Å². The zero-order valence-electron chi connectivity index (χ0n) is 16.6. The number of nitrogens with zero attached hydrogens (tertiary/aromatic N) is 1. The minimum absolute atomic E-state index is 0.218. The van der Waals surface area contributed by atoms with E-state index in [4.69, 9.17) is 16.6 Å². The van der Waals surface area contributed by atoms with Crippen LogP contribution in [0.2, 0.25) is 5.02 Å². The molecule has 0 aliphatic heterocycles.